The molecule has 0 spiro atoms. The van der Waals surface area contributed by atoms with Gasteiger partial charge >= 0.3 is 6.18 Å². The Labute approximate surface area is 110 Å². The Balaban J connectivity index is 2.11. The molecule has 0 aromatic heterocycles. The molecule has 19 heavy (non-hydrogen) atoms. The van der Waals surface area contributed by atoms with Crippen LogP contribution in [0.5, 0.6) is 0 Å². The topological polar surface area (TPSA) is 21.8 Å². The molecule has 2 nitrogen and oxygen atoms in total. The van der Waals surface area contributed by atoms with Crippen LogP contribution >= 0.6 is 0 Å². The van der Waals surface area contributed by atoms with Crippen LogP contribution in [0.3, 0.4) is 0 Å². The molecule has 0 aliphatic carbocycles. The molecule has 1 heterocycles. The molecule has 1 aliphatic rings. The van der Waals surface area contributed by atoms with Crippen LogP contribution in [0.4, 0.5) is 13.2 Å². The molecule has 1 aromatic carbocycles. The van der Waals surface area contributed by atoms with Crippen LogP contribution in [0.15, 0.2) is 24.3 Å². The summed E-state index contributed by atoms with van der Waals surface area (Å²) in [5.74, 6) is 0.291. The largest absolute Gasteiger partial charge is 0.418 e. The highest BCUT2D eigenvalue weighted by molar-refractivity contribution is 5.27. The third kappa shape index (κ3) is 3.94. The summed E-state index contributed by atoms with van der Waals surface area (Å²) >= 11 is 0. The number of hydrogen-bond donors (Lipinski definition) is 0. The van der Waals surface area contributed by atoms with Crippen LogP contribution in [0.1, 0.15) is 37.0 Å². The van der Waals surface area contributed by atoms with Crippen molar-refractivity contribution in [3.8, 4) is 0 Å². The van der Waals surface area contributed by atoms with E-state index in [1.165, 1.54) is 12.1 Å². The first kappa shape index (κ1) is 14.3. The van der Waals surface area contributed by atoms with Gasteiger partial charge in [-0.05, 0) is 17.0 Å². The lowest BCUT2D eigenvalue weighted by Gasteiger charge is -2.21. The monoisotopic (exact) mass is 274 g/mol. The lowest BCUT2D eigenvalue weighted by Crippen LogP contribution is -2.25. The molecule has 0 N–H and O–H groups in total. The number of rotatable bonds is 5. The van der Waals surface area contributed by atoms with E-state index in [0.717, 1.165) is 5.56 Å². The summed E-state index contributed by atoms with van der Waals surface area (Å²) in [6.07, 6.45) is -6.47. The minimum atomic E-state index is -4.41. The standard InChI is InChI=1S/C14H17F3O2/c1-9(2)10-3-5-11(6-4-10)13(14(15,16)17)19-8-12-7-18-12/h3-6,9,12-13H,7-8H2,1-2H3/t12-,13+/m1/s1. The summed E-state index contributed by atoms with van der Waals surface area (Å²) in [6.45, 7) is 4.46. The Morgan fingerprint density at radius 3 is 2.16 bits per heavy atom. The molecule has 0 amide bonds. The molecular weight excluding hydrogens is 257 g/mol. The van der Waals surface area contributed by atoms with E-state index in [4.69, 9.17) is 9.47 Å². The maximum Gasteiger partial charge on any atom is 0.418 e. The Morgan fingerprint density at radius 2 is 1.74 bits per heavy atom. The fourth-order valence-corrected chi connectivity index (χ4v) is 1.80. The molecule has 1 fully saturated rings. The highest BCUT2D eigenvalue weighted by atomic mass is 19.4. The second-order valence-corrected chi connectivity index (χ2v) is 5.03. The van der Waals surface area contributed by atoms with Crippen molar-refractivity contribution in [2.24, 2.45) is 0 Å². The van der Waals surface area contributed by atoms with Crippen molar-refractivity contribution in [3.05, 3.63) is 35.4 Å². The first-order valence-electron chi connectivity index (χ1n) is 6.27. The number of ether oxygens (including phenoxy) is 2. The summed E-state index contributed by atoms with van der Waals surface area (Å²) in [7, 11) is 0. The van der Waals surface area contributed by atoms with Crippen molar-refractivity contribution in [3.63, 3.8) is 0 Å². The quantitative estimate of drug-likeness (QED) is 0.761. The molecule has 106 valence electrons. The second-order valence-electron chi connectivity index (χ2n) is 5.03. The van der Waals surface area contributed by atoms with Crippen molar-refractivity contribution < 1.29 is 22.6 Å². The number of halogens is 3. The zero-order valence-electron chi connectivity index (χ0n) is 10.9. The lowest BCUT2D eigenvalue weighted by atomic mass is 10.00. The van der Waals surface area contributed by atoms with E-state index in [1.807, 2.05) is 13.8 Å². The second kappa shape index (κ2) is 5.51. The summed E-state index contributed by atoms with van der Waals surface area (Å²) < 4.78 is 48.7. The maximum atomic E-state index is 13.0. The van der Waals surface area contributed by atoms with Gasteiger partial charge in [0.2, 0.25) is 0 Å². The molecule has 1 aliphatic heterocycles. The van der Waals surface area contributed by atoms with Gasteiger partial charge in [0, 0.05) is 0 Å². The number of hydrogen-bond acceptors (Lipinski definition) is 2. The third-order valence-electron chi connectivity index (χ3n) is 3.05. The molecule has 0 radical (unpaired) electrons. The highest BCUT2D eigenvalue weighted by Gasteiger charge is 2.43. The van der Waals surface area contributed by atoms with Gasteiger partial charge in [0.25, 0.3) is 0 Å². The predicted octanol–water partition coefficient (Wildman–Crippen LogP) is 3.83. The normalized spacial score (nSPS) is 20.6. The van der Waals surface area contributed by atoms with E-state index in [9.17, 15) is 13.2 Å². The van der Waals surface area contributed by atoms with Crippen molar-refractivity contribution in [2.75, 3.05) is 13.2 Å². The Kier molecular flexibility index (Phi) is 4.16. The van der Waals surface area contributed by atoms with E-state index in [-0.39, 0.29) is 18.3 Å². The van der Waals surface area contributed by atoms with Gasteiger partial charge in [0.1, 0.15) is 6.10 Å². The minimum Gasteiger partial charge on any atom is -0.371 e. The van der Waals surface area contributed by atoms with Crippen LogP contribution in [-0.2, 0) is 9.47 Å². The molecule has 1 saturated heterocycles. The van der Waals surface area contributed by atoms with Crippen molar-refractivity contribution >= 4 is 0 Å². The zero-order valence-corrected chi connectivity index (χ0v) is 10.9. The van der Waals surface area contributed by atoms with Gasteiger partial charge in [0.15, 0.2) is 6.10 Å². The predicted molar refractivity (Wildman–Crippen MR) is 65.0 cm³/mol. The smallest absolute Gasteiger partial charge is 0.371 e. The number of benzene rings is 1. The van der Waals surface area contributed by atoms with Gasteiger partial charge < -0.3 is 9.47 Å². The first-order chi connectivity index (χ1) is 8.88. The van der Waals surface area contributed by atoms with Crippen LogP contribution < -0.4 is 0 Å². The fourth-order valence-electron chi connectivity index (χ4n) is 1.80. The van der Waals surface area contributed by atoms with E-state index >= 15 is 0 Å². The van der Waals surface area contributed by atoms with Crippen LogP contribution in [0, 0.1) is 0 Å². The van der Waals surface area contributed by atoms with E-state index < -0.39 is 12.3 Å². The maximum absolute atomic E-state index is 13.0. The van der Waals surface area contributed by atoms with E-state index in [2.05, 4.69) is 0 Å². The summed E-state index contributed by atoms with van der Waals surface area (Å²) in [6, 6.07) is 6.41. The van der Waals surface area contributed by atoms with Gasteiger partial charge in [-0.3, -0.25) is 0 Å². The van der Waals surface area contributed by atoms with Gasteiger partial charge in [0.05, 0.1) is 13.2 Å². The summed E-state index contributed by atoms with van der Waals surface area (Å²) in [4.78, 5) is 0. The molecule has 2 rings (SSSR count). The summed E-state index contributed by atoms with van der Waals surface area (Å²) in [5.41, 5.74) is 1.15. The van der Waals surface area contributed by atoms with Crippen molar-refractivity contribution in [1.29, 1.82) is 0 Å². The van der Waals surface area contributed by atoms with Crippen LogP contribution in [0.2, 0.25) is 0 Å². The molecule has 0 bridgehead atoms. The average molecular weight is 274 g/mol. The van der Waals surface area contributed by atoms with Crippen molar-refractivity contribution in [2.45, 2.75) is 38.1 Å². The number of alkyl halides is 3. The van der Waals surface area contributed by atoms with E-state index in [1.54, 1.807) is 12.1 Å². The van der Waals surface area contributed by atoms with Crippen LogP contribution in [-0.4, -0.2) is 25.5 Å². The highest BCUT2D eigenvalue weighted by Crippen LogP contribution is 2.36. The lowest BCUT2D eigenvalue weighted by molar-refractivity contribution is -0.224. The molecule has 5 heteroatoms. The number of epoxide rings is 1. The Morgan fingerprint density at radius 1 is 1.21 bits per heavy atom. The molecular formula is C14H17F3O2. The SMILES string of the molecule is CC(C)c1ccc([C@H](OC[C@H]2CO2)C(F)(F)F)cc1. The van der Waals surface area contributed by atoms with Gasteiger partial charge in [-0.15, -0.1) is 0 Å². The fraction of sp³-hybridized carbons (Fsp3) is 0.571. The third-order valence-corrected chi connectivity index (χ3v) is 3.05. The van der Waals surface area contributed by atoms with Gasteiger partial charge in [-0.2, -0.15) is 13.2 Å². The molecule has 2 atom stereocenters. The zero-order chi connectivity index (χ0) is 14.0. The van der Waals surface area contributed by atoms with E-state index in [0.29, 0.717) is 12.5 Å². The minimum absolute atomic E-state index is 0.0177. The van der Waals surface area contributed by atoms with Crippen LogP contribution in [0.25, 0.3) is 0 Å². The Hall–Kier alpha value is -1.07. The molecule has 1 aromatic rings. The van der Waals surface area contributed by atoms with Gasteiger partial charge in [-0.1, -0.05) is 38.1 Å². The first-order valence-corrected chi connectivity index (χ1v) is 6.27. The Bertz CT molecular complexity index is 408. The molecule has 0 unspecified atom stereocenters. The molecule has 0 saturated carbocycles. The average Bonchev–Trinajstić information content (AvgIpc) is 3.12. The summed E-state index contributed by atoms with van der Waals surface area (Å²) in [5, 5.41) is 0. The van der Waals surface area contributed by atoms with Crippen molar-refractivity contribution in [1.82, 2.24) is 0 Å². The van der Waals surface area contributed by atoms with Gasteiger partial charge in [-0.25, -0.2) is 0 Å².